The zero-order valence-electron chi connectivity index (χ0n) is 9.92. The van der Waals surface area contributed by atoms with Gasteiger partial charge in [-0.2, -0.15) is 13.2 Å². The van der Waals surface area contributed by atoms with E-state index in [0.29, 0.717) is 0 Å². The lowest BCUT2D eigenvalue weighted by Gasteiger charge is -2.31. The van der Waals surface area contributed by atoms with Gasteiger partial charge in [0.15, 0.2) is 0 Å². The fraction of sp³-hybridized carbons (Fsp3) is 1.00. The number of rotatable bonds is 3. The van der Waals surface area contributed by atoms with Gasteiger partial charge in [-0.15, -0.1) is 0 Å². The molecule has 0 spiro atoms. The number of aliphatic hydroxyl groups is 1. The zero-order chi connectivity index (χ0) is 12.5. The molecule has 1 saturated heterocycles. The highest BCUT2D eigenvalue weighted by Gasteiger charge is 2.39. The molecular formula is C12H20F3NO. The van der Waals surface area contributed by atoms with Gasteiger partial charge in [0.25, 0.3) is 0 Å². The summed E-state index contributed by atoms with van der Waals surface area (Å²) in [5, 5.41) is 9.85. The number of hydrogen-bond acceptors (Lipinski definition) is 2. The average Bonchev–Trinajstić information content (AvgIpc) is 2.81. The van der Waals surface area contributed by atoms with Crippen molar-refractivity contribution in [2.45, 2.75) is 56.8 Å². The van der Waals surface area contributed by atoms with Crippen molar-refractivity contribution in [2.24, 2.45) is 5.92 Å². The molecule has 0 amide bonds. The summed E-state index contributed by atoms with van der Waals surface area (Å²) in [7, 11) is 0. The minimum atomic E-state index is -4.07. The Morgan fingerprint density at radius 1 is 1.12 bits per heavy atom. The number of hydrogen-bond donors (Lipinski definition) is 1. The van der Waals surface area contributed by atoms with Crippen LogP contribution in [-0.4, -0.2) is 41.4 Å². The lowest BCUT2D eigenvalue weighted by Crippen LogP contribution is -2.40. The summed E-state index contributed by atoms with van der Waals surface area (Å²) in [6.45, 7) is 0.849. The zero-order valence-corrected chi connectivity index (χ0v) is 9.92. The van der Waals surface area contributed by atoms with Gasteiger partial charge in [-0.25, -0.2) is 0 Å². The summed E-state index contributed by atoms with van der Waals surface area (Å²) in [6, 6.07) is 0.176. The van der Waals surface area contributed by atoms with E-state index in [2.05, 4.69) is 0 Å². The Hall–Kier alpha value is -0.290. The van der Waals surface area contributed by atoms with E-state index in [1.165, 1.54) is 0 Å². The second-order valence-corrected chi connectivity index (χ2v) is 5.27. The van der Waals surface area contributed by atoms with Crippen LogP contribution in [0, 0.1) is 5.92 Å². The number of aliphatic hydroxyl groups excluding tert-OH is 1. The largest absolute Gasteiger partial charge is 0.393 e. The second-order valence-electron chi connectivity index (χ2n) is 5.27. The van der Waals surface area contributed by atoms with E-state index < -0.39 is 12.6 Å². The highest BCUT2D eigenvalue weighted by atomic mass is 19.4. The van der Waals surface area contributed by atoms with Gasteiger partial charge < -0.3 is 5.11 Å². The molecule has 1 saturated carbocycles. The molecule has 2 fully saturated rings. The van der Waals surface area contributed by atoms with Gasteiger partial charge >= 0.3 is 6.18 Å². The highest BCUT2D eigenvalue weighted by molar-refractivity contribution is 4.91. The third-order valence-corrected chi connectivity index (χ3v) is 4.12. The summed E-state index contributed by atoms with van der Waals surface area (Å²) < 4.78 is 36.6. The van der Waals surface area contributed by atoms with E-state index in [-0.39, 0.29) is 24.6 Å². The van der Waals surface area contributed by atoms with Gasteiger partial charge in [-0.3, -0.25) is 4.90 Å². The summed E-state index contributed by atoms with van der Waals surface area (Å²) in [4.78, 5) is 1.94. The molecule has 1 aliphatic carbocycles. The van der Waals surface area contributed by atoms with Crippen LogP contribution in [0.25, 0.3) is 0 Å². The first kappa shape index (κ1) is 13.1. The molecule has 0 bridgehead atoms. The molecule has 0 aromatic heterocycles. The van der Waals surface area contributed by atoms with Crippen molar-refractivity contribution < 1.29 is 18.3 Å². The molecule has 2 rings (SSSR count). The minimum absolute atomic E-state index is 0.0946. The predicted octanol–water partition coefficient (Wildman–Crippen LogP) is 2.56. The fourth-order valence-electron chi connectivity index (χ4n) is 3.30. The van der Waals surface area contributed by atoms with E-state index >= 15 is 0 Å². The van der Waals surface area contributed by atoms with Crippen LogP contribution in [0.15, 0.2) is 0 Å². The minimum Gasteiger partial charge on any atom is -0.393 e. The molecule has 3 atom stereocenters. The van der Waals surface area contributed by atoms with Crippen LogP contribution in [0.3, 0.4) is 0 Å². The molecular weight excluding hydrogens is 231 g/mol. The van der Waals surface area contributed by atoms with Crippen LogP contribution in [0.1, 0.15) is 38.5 Å². The van der Waals surface area contributed by atoms with Crippen molar-refractivity contribution in [3.05, 3.63) is 0 Å². The predicted molar refractivity (Wildman–Crippen MR) is 58.6 cm³/mol. The van der Waals surface area contributed by atoms with Crippen molar-refractivity contribution in [1.29, 1.82) is 0 Å². The molecule has 100 valence electrons. The molecule has 0 aromatic rings. The number of likely N-dealkylation sites (tertiary alicyclic amines) is 1. The Kier molecular flexibility index (Phi) is 3.98. The van der Waals surface area contributed by atoms with Crippen LogP contribution in [0.2, 0.25) is 0 Å². The van der Waals surface area contributed by atoms with Crippen molar-refractivity contribution in [3.63, 3.8) is 0 Å². The average molecular weight is 251 g/mol. The Labute approximate surface area is 99.8 Å². The van der Waals surface area contributed by atoms with Crippen LogP contribution >= 0.6 is 0 Å². The van der Waals surface area contributed by atoms with Crippen LogP contribution in [0.4, 0.5) is 13.2 Å². The third kappa shape index (κ3) is 3.35. The maximum Gasteiger partial charge on any atom is 0.390 e. The normalized spacial score (nSPS) is 35.6. The quantitative estimate of drug-likeness (QED) is 0.833. The molecule has 5 heteroatoms. The Balaban J connectivity index is 1.88. The van der Waals surface area contributed by atoms with E-state index in [1.54, 1.807) is 0 Å². The van der Waals surface area contributed by atoms with Gasteiger partial charge in [0, 0.05) is 18.5 Å². The molecule has 2 aliphatic rings. The van der Waals surface area contributed by atoms with Crippen molar-refractivity contribution in [3.8, 4) is 0 Å². The number of halogens is 3. The molecule has 1 heterocycles. The Morgan fingerprint density at radius 3 is 2.47 bits per heavy atom. The van der Waals surface area contributed by atoms with Gasteiger partial charge in [0.2, 0.25) is 0 Å². The monoisotopic (exact) mass is 251 g/mol. The van der Waals surface area contributed by atoms with Crippen molar-refractivity contribution in [1.82, 2.24) is 4.90 Å². The van der Waals surface area contributed by atoms with E-state index in [4.69, 9.17) is 0 Å². The standard InChI is InChI=1S/C12H20F3NO/c13-12(14,15)6-8-16-7-2-4-10(16)9-3-1-5-11(9)17/h9-11,17H,1-8H2. The third-order valence-electron chi connectivity index (χ3n) is 4.12. The van der Waals surface area contributed by atoms with Crippen molar-refractivity contribution in [2.75, 3.05) is 13.1 Å². The van der Waals surface area contributed by atoms with E-state index in [1.807, 2.05) is 4.90 Å². The SMILES string of the molecule is OC1CCCC1C1CCCN1CCC(F)(F)F. The summed E-state index contributed by atoms with van der Waals surface area (Å²) in [5.74, 6) is 0.200. The van der Waals surface area contributed by atoms with Crippen LogP contribution < -0.4 is 0 Å². The van der Waals surface area contributed by atoms with Crippen molar-refractivity contribution >= 4 is 0 Å². The first-order valence-corrected chi connectivity index (χ1v) is 6.46. The highest BCUT2D eigenvalue weighted by Crippen LogP contribution is 2.36. The molecule has 3 unspecified atom stereocenters. The molecule has 1 N–H and O–H groups in total. The Morgan fingerprint density at radius 2 is 1.88 bits per heavy atom. The summed E-state index contributed by atoms with van der Waals surface area (Å²) in [6.07, 6.45) is -0.400. The van der Waals surface area contributed by atoms with Gasteiger partial charge in [-0.05, 0) is 32.2 Å². The molecule has 0 radical (unpaired) electrons. The molecule has 17 heavy (non-hydrogen) atoms. The van der Waals surface area contributed by atoms with Gasteiger partial charge in [-0.1, -0.05) is 6.42 Å². The molecule has 2 nitrogen and oxygen atoms in total. The lowest BCUT2D eigenvalue weighted by atomic mass is 9.94. The van der Waals surface area contributed by atoms with Gasteiger partial charge in [0.1, 0.15) is 0 Å². The molecule has 0 aromatic carbocycles. The summed E-state index contributed by atoms with van der Waals surface area (Å²) >= 11 is 0. The number of alkyl halides is 3. The fourth-order valence-corrected chi connectivity index (χ4v) is 3.30. The first-order valence-electron chi connectivity index (χ1n) is 6.46. The topological polar surface area (TPSA) is 23.5 Å². The summed E-state index contributed by atoms with van der Waals surface area (Å²) in [5.41, 5.74) is 0. The smallest absolute Gasteiger partial charge is 0.390 e. The maximum absolute atomic E-state index is 12.2. The number of nitrogens with zero attached hydrogens (tertiary/aromatic N) is 1. The maximum atomic E-state index is 12.2. The lowest BCUT2D eigenvalue weighted by molar-refractivity contribution is -0.139. The van der Waals surface area contributed by atoms with E-state index in [9.17, 15) is 18.3 Å². The van der Waals surface area contributed by atoms with E-state index in [0.717, 1.165) is 38.6 Å². The van der Waals surface area contributed by atoms with Crippen LogP contribution in [0.5, 0.6) is 0 Å². The molecule has 1 aliphatic heterocycles. The second kappa shape index (κ2) is 5.14. The first-order chi connectivity index (χ1) is 7.97. The Bertz CT molecular complexity index is 257. The van der Waals surface area contributed by atoms with Gasteiger partial charge in [0.05, 0.1) is 12.5 Å². The van der Waals surface area contributed by atoms with Crippen LogP contribution in [-0.2, 0) is 0 Å².